The minimum Gasteiger partial charge on any atom is -0.385 e. The van der Waals surface area contributed by atoms with Crippen LogP contribution >= 0.6 is 11.8 Å². The SMILES string of the molecule is COCCCNC(=O)C(C)Sc1cc(C)ccc1C. The highest BCUT2D eigenvalue weighted by molar-refractivity contribution is 8.00. The van der Waals surface area contributed by atoms with Gasteiger partial charge in [0.2, 0.25) is 5.91 Å². The second-order valence-electron chi connectivity index (χ2n) is 4.67. The highest BCUT2D eigenvalue weighted by Gasteiger charge is 2.14. The second kappa shape index (κ2) is 8.23. The molecule has 0 bridgehead atoms. The van der Waals surface area contributed by atoms with Crippen molar-refractivity contribution < 1.29 is 9.53 Å². The Bertz CT molecular complexity index is 421. The molecule has 0 aliphatic heterocycles. The second-order valence-corrected chi connectivity index (χ2v) is 6.05. The Morgan fingerprint density at radius 2 is 2.16 bits per heavy atom. The molecular weight excluding hydrogens is 258 g/mol. The maximum Gasteiger partial charge on any atom is 0.233 e. The molecule has 106 valence electrons. The van der Waals surface area contributed by atoms with Gasteiger partial charge in [-0.25, -0.2) is 0 Å². The van der Waals surface area contributed by atoms with E-state index in [2.05, 4.69) is 37.4 Å². The van der Waals surface area contributed by atoms with E-state index < -0.39 is 0 Å². The van der Waals surface area contributed by atoms with Gasteiger partial charge in [0.15, 0.2) is 0 Å². The van der Waals surface area contributed by atoms with Gasteiger partial charge in [0.05, 0.1) is 5.25 Å². The fraction of sp³-hybridized carbons (Fsp3) is 0.533. The zero-order chi connectivity index (χ0) is 14.3. The van der Waals surface area contributed by atoms with Gasteiger partial charge < -0.3 is 10.1 Å². The number of thioether (sulfide) groups is 1. The van der Waals surface area contributed by atoms with Gasteiger partial charge in [-0.05, 0) is 38.8 Å². The van der Waals surface area contributed by atoms with Crippen LogP contribution in [0.5, 0.6) is 0 Å². The van der Waals surface area contributed by atoms with Crippen molar-refractivity contribution in [2.24, 2.45) is 0 Å². The molecule has 0 saturated heterocycles. The van der Waals surface area contributed by atoms with Crippen molar-refractivity contribution in [2.45, 2.75) is 37.3 Å². The largest absolute Gasteiger partial charge is 0.385 e. The highest BCUT2D eigenvalue weighted by atomic mass is 32.2. The van der Waals surface area contributed by atoms with Crippen LogP contribution in [0.2, 0.25) is 0 Å². The first kappa shape index (κ1) is 16.1. The molecule has 1 rings (SSSR count). The molecule has 1 amide bonds. The number of methoxy groups -OCH3 is 1. The van der Waals surface area contributed by atoms with Gasteiger partial charge in [-0.2, -0.15) is 0 Å². The molecule has 0 aromatic heterocycles. The third-order valence-electron chi connectivity index (χ3n) is 2.84. The number of amides is 1. The van der Waals surface area contributed by atoms with Gasteiger partial charge in [-0.3, -0.25) is 4.79 Å². The molecule has 0 spiro atoms. The minimum atomic E-state index is -0.0805. The lowest BCUT2D eigenvalue weighted by Crippen LogP contribution is -2.32. The Labute approximate surface area is 120 Å². The van der Waals surface area contributed by atoms with E-state index >= 15 is 0 Å². The summed E-state index contributed by atoms with van der Waals surface area (Å²) >= 11 is 1.61. The lowest BCUT2D eigenvalue weighted by molar-refractivity contribution is -0.120. The molecule has 4 heteroatoms. The average Bonchev–Trinajstić information content (AvgIpc) is 2.38. The summed E-state index contributed by atoms with van der Waals surface area (Å²) in [5.41, 5.74) is 2.44. The van der Waals surface area contributed by atoms with Crippen molar-refractivity contribution in [3.63, 3.8) is 0 Å². The molecule has 1 atom stereocenters. The fourth-order valence-electron chi connectivity index (χ4n) is 1.65. The van der Waals surface area contributed by atoms with Gasteiger partial charge in [-0.15, -0.1) is 11.8 Å². The molecule has 3 nitrogen and oxygen atoms in total. The van der Waals surface area contributed by atoms with Crippen molar-refractivity contribution in [1.82, 2.24) is 5.32 Å². The van der Waals surface area contributed by atoms with Crippen molar-refractivity contribution in [3.8, 4) is 0 Å². The molecule has 0 heterocycles. The van der Waals surface area contributed by atoms with Crippen LogP contribution in [0.4, 0.5) is 0 Å². The number of hydrogen-bond donors (Lipinski definition) is 1. The maximum absolute atomic E-state index is 11.9. The minimum absolute atomic E-state index is 0.0805. The van der Waals surface area contributed by atoms with E-state index in [4.69, 9.17) is 4.74 Å². The topological polar surface area (TPSA) is 38.3 Å². The lowest BCUT2D eigenvalue weighted by Gasteiger charge is -2.13. The first-order chi connectivity index (χ1) is 9.04. The van der Waals surface area contributed by atoms with E-state index in [0.29, 0.717) is 13.2 Å². The molecule has 1 N–H and O–H groups in total. The first-order valence-electron chi connectivity index (χ1n) is 6.55. The maximum atomic E-state index is 11.9. The van der Waals surface area contributed by atoms with Crippen LogP contribution in [-0.4, -0.2) is 31.4 Å². The smallest absolute Gasteiger partial charge is 0.233 e. The van der Waals surface area contributed by atoms with Crippen molar-refractivity contribution in [3.05, 3.63) is 29.3 Å². The van der Waals surface area contributed by atoms with Gasteiger partial charge in [0, 0.05) is 25.2 Å². The fourth-order valence-corrected chi connectivity index (χ4v) is 2.73. The van der Waals surface area contributed by atoms with E-state index in [1.165, 1.54) is 16.0 Å². The van der Waals surface area contributed by atoms with Crippen molar-refractivity contribution in [2.75, 3.05) is 20.3 Å². The Kier molecular flexibility index (Phi) is 6.95. The summed E-state index contributed by atoms with van der Waals surface area (Å²) in [6.07, 6.45) is 0.850. The van der Waals surface area contributed by atoms with E-state index in [1.807, 2.05) is 6.92 Å². The quantitative estimate of drug-likeness (QED) is 0.617. The summed E-state index contributed by atoms with van der Waals surface area (Å²) < 4.78 is 4.95. The molecule has 0 aliphatic rings. The number of benzene rings is 1. The van der Waals surface area contributed by atoms with Crippen LogP contribution in [0, 0.1) is 13.8 Å². The zero-order valence-electron chi connectivity index (χ0n) is 12.2. The number of aryl methyl sites for hydroxylation is 2. The molecule has 0 aliphatic carbocycles. The van der Waals surface area contributed by atoms with Crippen LogP contribution in [0.1, 0.15) is 24.5 Å². The highest BCUT2D eigenvalue weighted by Crippen LogP contribution is 2.27. The number of rotatable bonds is 7. The number of ether oxygens (including phenoxy) is 1. The van der Waals surface area contributed by atoms with E-state index in [9.17, 15) is 4.79 Å². The number of nitrogens with one attached hydrogen (secondary N) is 1. The molecule has 1 unspecified atom stereocenters. The molecule has 1 aromatic carbocycles. The molecule has 0 saturated carbocycles. The Morgan fingerprint density at radius 3 is 2.84 bits per heavy atom. The summed E-state index contributed by atoms with van der Waals surface area (Å²) in [6, 6.07) is 6.32. The predicted molar refractivity (Wildman–Crippen MR) is 80.7 cm³/mol. The van der Waals surface area contributed by atoms with Crippen LogP contribution in [0.15, 0.2) is 23.1 Å². The molecule has 1 aromatic rings. The summed E-state index contributed by atoms with van der Waals surface area (Å²) in [4.78, 5) is 13.1. The van der Waals surface area contributed by atoms with Crippen LogP contribution in [-0.2, 0) is 9.53 Å². The lowest BCUT2D eigenvalue weighted by atomic mass is 10.2. The molecule has 0 fully saturated rings. The molecule has 0 radical (unpaired) electrons. The number of carbonyl (C=O) groups is 1. The Hall–Kier alpha value is -1.00. The number of carbonyl (C=O) groups excluding carboxylic acids is 1. The van der Waals surface area contributed by atoms with Crippen LogP contribution in [0.25, 0.3) is 0 Å². The van der Waals surface area contributed by atoms with Gasteiger partial charge in [0.25, 0.3) is 0 Å². The Morgan fingerprint density at radius 1 is 1.42 bits per heavy atom. The molecule has 19 heavy (non-hydrogen) atoms. The van der Waals surface area contributed by atoms with E-state index in [0.717, 1.165) is 6.42 Å². The third-order valence-corrected chi connectivity index (χ3v) is 4.10. The summed E-state index contributed by atoms with van der Waals surface area (Å²) in [7, 11) is 1.67. The summed E-state index contributed by atoms with van der Waals surface area (Å²) in [6.45, 7) is 7.44. The standard InChI is InChI=1S/C15H23NO2S/c1-11-6-7-12(2)14(10-11)19-13(3)15(17)16-8-5-9-18-4/h6-7,10,13H,5,8-9H2,1-4H3,(H,16,17). The van der Waals surface area contributed by atoms with Gasteiger partial charge in [-0.1, -0.05) is 17.7 Å². The summed E-state index contributed by atoms with van der Waals surface area (Å²) in [5.74, 6) is 0.0852. The first-order valence-corrected chi connectivity index (χ1v) is 7.43. The van der Waals surface area contributed by atoms with Crippen molar-refractivity contribution in [1.29, 1.82) is 0 Å². The van der Waals surface area contributed by atoms with Gasteiger partial charge >= 0.3 is 0 Å². The zero-order valence-corrected chi connectivity index (χ0v) is 13.0. The van der Waals surface area contributed by atoms with Crippen LogP contribution in [0.3, 0.4) is 0 Å². The summed E-state index contributed by atoms with van der Waals surface area (Å²) in [5, 5.41) is 2.85. The number of hydrogen-bond acceptors (Lipinski definition) is 3. The molecular formula is C15H23NO2S. The van der Waals surface area contributed by atoms with E-state index in [1.54, 1.807) is 18.9 Å². The predicted octanol–water partition coefficient (Wildman–Crippen LogP) is 2.94. The Balaban J connectivity index is 2.47. The monoisotopic (exact) mass is 281 g/mol. The van der Waals surface area contributed by atoms with E-state index in [-0.39, 0.29) is 11.2 Å². The van der Waals surface area contributed by atoms with Crippen molar-refractivity contribution >= 4 is 17.7 Å². The third kappa shape index (κ3) is 5.66. The normalized spacial score (nSPS) is 12.2. The van der Waals surface area contributed by atoms with Gasteiger partial charge in [0.1, 0.15) is 0 Å². The average molecular weight is 281 g/mol. The van der Waals surface area contributed by atoms with Crippen LogP contribution < -0.4 is 5.32 Å².